The zero-order valence-electron chi connectivity index (χ0n) is 20.9. The predicted octanol–water partition coefficient (Wildman–Crippen LogP) is 4.92. The molecule has 0 aromatic heterocycles. The van der Waals surface area contributed by atoms with Crippen LogP contribution in [0.2, 0.25) is 0 Å². The van der Waals surface area contributed by atoms with E-state index < -0.39 is 33.7 Å². The number of methoxy groups -OCH3 is 1. The van der Waals surface area contributed by atoms with Crippen molar-refractivity contribution in [1.29, 1.82) is 0 Å². The molecule has 192 valence electrons. The molecule has 1 fully saturated rings. The fourth-order valence-corrected chi connectivity index (χ4v) is 5.36. The first-order valence-electron chi connectivity index (χ1n) is 11.3. The summed E-state index contributed by atoms with van der Waals surface area (Å²) in [4.78, 5) is 25.5. The molecule has 3 N–H and O–H groups in total. The summed E-state index contributed by atoms with van der Waals surface area (Å²) in [6, 6.07) is -0.339. The van der Waals surface area contributed by atoms with Gasteiger partial charge in [-0.25, -0.2) is 18.0 Å². The number of esters is 1. The number of nitrogens with one attached hydrogen (secondary N) is 3. The molecule has 1 aliphatic carbocycles. The van der Waals surface area contributed by atoms with E-state index in [9.17, 15) is 18.0 Å². The maximum Gasteiger partial charge on any atom is 0.339 e. The van der Waals surface area contributed by atoms with Crippen LogP contribution in [0.1, 0.15) is 75.7 Å². The van der Waals surface area contributed by atoms with E-state index in [-0.39, 0.29) is 11.7 Å². The van der Waals surface area contributed by atoms with E-state index in [1.807, 2.05) is 0 Å². The van der Waals surface area contributed by atoms with E-state index in [1.54, 1.807) is 34.6 Å². The average Bonchev–Trinajstić information content (AvgIpc) is 2.72. The van der Waals surface area contributed by atoms with Crippen LogP contribution < -0.4 is 15.4 Å². The normalized spacial score (nSPS) is 16.0. The van der Waals surface area contributed by atoms with Crippen LogP contribution in [0.25, 0.3) is 0 Å². The molecule has 1 unspecified atom stereocenters. The molecule has 0 spiro atoms. The third-order valence-electron chi connectivity index (χ3n) is 5.58. The van der Waals surface area contributed by atoms with Gasteiger partial charge in [-0.1, -0.05) is 35.2 Å². The SMILES string of the molecule is COC(=O)C(OC(C)(C)C)c1c(C)c(NS(C)(=O)=O)c(NC(=O)NC2CCCCC2)c(C)c1Br. The molecule has 34 heavy (non-hydrogen) atoms. The second-order valence-corrected chi connectivity index (χ2v) is 12.2. The van der Waals surface area contributed by atoms with Crippen molar-refractivity contribution in [1.82, 2.24) is 5.32 Å². The summed E-state index contributed by atoms with van der Waals surface area (Å²) in [5, 5.41) is 5.80. The number of sulfonamides is 1. The van der Waals surface area contributed by atoms with E-state index in [2.05, 4.69) is 31.3 Å². The molecule has 1 aromatic rings. The Bertz CT molecular complexity index is 1030. The van der Waals surface area contributed by atoms with Crippen LogP contribution in [0.5, 0.6) is 0 Å². The first-order valence-corrected chi connectivity index (χ1v) is 14.0. The highest BCUT2D eigenvalue weighted by Gasteiger charge is 2.34. The number of carbonyl (C=O) groups is 2. The van der Waals surface area contributed by atoms with Crippen LogP contribution in [-0.4, -0.2) is 45.4 Å². The van der Waals surface area contributed by atoms with Crippen molar-refractivity contribution >= 4 is 49.3 Å². The van der Waals surface area contributed by atoms with Crippen LogP contribution >= 0.6 is 15.9 Å². The molecule has 0 bridgehead atoms. The van der Waals surface area contributed by atoms with Gasteiger partial charge >= 0.3 is 12.0 Å². The average molecular weight is 563 g/mol. The van der Waals surface area contributed by atoms with Crippen LogP contribution in [-0.2, 0) is 24.3 Å². The Labute approximate surface area is 210 Å². The third kappa shape index (κ3) is 7.58. The quantitative estimate of drug-likeness (QED) is 0.406. The number of halogens is 1. The van der Waals surface area contributed by atoms with Gasteiger partial charge in [0.05, 0.1) is 30.3 Å². The zero-order valence-corrected chi connectivity index (χ0v) is 23.3. The van der Waals surface area contributed by atoms with E-state index in [0.29, 0.717) is 26.9 Å². The molecule has 0 heterocycles. The van der Waals surface area contributed by atoms with E-state index in [4.69, 9.17) is 9.47 Å². The highest BCUT2D eigenvalue weighted by Crippen LogP contribution is 2.44. The number of hydrogen-bond donors (Lipinski definition) is 3. The van der Waals surface area contributed by atoms with Crippen molar-refractivity contribution in [2.24, 2.45) is 0 Å². The summed E-state index contributed by atoms with van der Waals surface area (Å²) in [6.45, 7) is 8.81. The number of carbonyl (C=O) groups excluding carboxylic acids is 2. The van der Waals surface area contributed by atoms with Crippen molar-refractivity contribution in [3.05, 3.63) is 21.2 Å². The van der Waals surface area contributed by atoms with Gasteiger partial charge in [0.15, 0.2) is 6.10 Å². The van der Waals surface area contributed by atoms with Gasteiger partial charge in [0.1, 0.15) is 0 Å². The number of amides is 2. The monoisotopic (exact) mass is 561 g/mol. The lowest BCUT2D eigenvalue weighted by atomic mass is 9.95. The second kappa shape index (κ2) is 11.3. The van der Waals surface area contributed by atoms with Crippen LogP contribution in [0.15, 0.2) is 4.47 Å². The van der Waals surface area contributed by atoms with E-state index in [0.717, 1.165) is 38.4 Å². The summed E-state index contributed by atoms with van der Waals surface area (Å²) >= 11 is 3.55. The molecular weight excluding hydrogens is 526 g/mol. The Morgan fingerprint density at radius 2 is 1.65 bits per heavy atom. The summed E-state index contributed by atoms with van der Waals surface area (Å²) in [6.07, 6.45) is 5.01. The Kier molecular flexibility index (Phi) is 9.40. The minimum Gasteiger partial charge on any atom is -0.467 e. The lowest BCUT2D eigenvalue weighted by Gasteiger charge is -2.30. The summed E-state index contributed by atoms with van der Waals surface area (Å²) in [5.41, 5.74) is 1.16. The third-order valence-corrected chi connectivity index (χ3v) is 7.18. The zero-order chi connectivity index (χ0) is 25.8. The maximum atomic E-state index is 12.8. The van der Waals surface area contributed by atoms with E-state index >= 15 is 0 Å². The molecular formula is C23H36BrN3O6S. The Morgan fingerprint density at radius 3 is 2.15 bits per heavy atom. The Balaban J connectivity index is 2.60. The van der Waals surface area contributed by atoms with Gasteiger partial charge in [-0.05, 0) is 58.6 Å². The van der Waals surface area contributed by atoms with Gasteiger partial charge in [0.25, 0.3) is 0 Å². The number of benzene rings is 1. The fourth-order valence-electron chi connectivity index (χ4n) is 4.03. The first kappa shape index (κ1) is 28.4. The molecule has 1 atom stereocenters. The molecule has 2 amide bonds. The molecule has 11 heteroatoms. The van der Waals surface area contributed by atoms with Gasteiger partial charge in [0.2, 0.25) is 10.0 Å². The van der Waals surface area contributed by atoms with Gasteiger partial charge in [-0.3, -0.25) is 4.72 Å². The topological polar surface area (TPSA) is 123 Å². The summed E-state index contributed by atoms with van der Waals surface area (Å²) in [7, 11) is -2.45. The standard InChI is InChI=1S/C23H36BrN3O6S/c1-13-16(20(21(28)32-6)33-23(3,4)5)17(24)14(2)18(19(13)27-34(7,30)31)26-22(29)25-15-11-9-8-10-12-15/h15,20,27H,8-12H2,1-7H3,(H2,25,26,29). The smallest absolute Gasteiger partial charge is 0.339 e. The number of ether oxygens (including phenoxy) is 2. The van der Waals surface area contributed by atoms with Crippen LogP contribution in [0.4, 0.5) is 16.2 Å². The Morgan fingerprint density at radius 1 is 1.06 bits per heavy atom. The van der Waals surface area contributed by atoms with Crippen molar-refractivity contribution in [2.75, 3.05) is 23.4 Å². The molecule has 0 saturated heterocycles. The van der Waals surface area contributed by atoms with Gasteiger partial charge in [0, 0.05) is 16.1 Å². The number of hydrogen-bond acceptors (Lipinski definition) is 6. The minimum atomic E-state index is -3.71. The number of urea groups is 1. The largest absolute Gasteiger partial charge is 0.467 e. The molecule has 0 aliphatic heterocycles. The van der Waals surface area contributed by atoms with E-state index in [1.165, 1.54) is 7.11 Å². The first-order chi connectivity index (χ1) is 15.6. The van der Waals surface area contributed by atoms with Gasteiger partial charge < -0.3 is 20.1 Å². The van der Waals surface area contributed by atoms with Crippen LogP contribution in [0.3, 0.4) is 0 Å². The fraction of sp³-hybridized carbons (Fsp3) is 0.652. The maximum absolute atomic E-state index is 12.8. The molecule has 1 aliphatic rings. The summed E-state index contributed by atoms with van der Waals surface area (Å²) in [5.74, 6) is -0.626. The number of anilines is 2. The molecule has 1 saturated carbocycles. The molecule has 0 radical (unpaired) electrons. The van der Waals surface area contributed by atoms with Crippen molar-refractivity contribution in [2.45, 2.75) is 84.5 Å². The summed E-state index contributed by atoms with van der Waals surface area (Å²) < 4.78 is 38.5. The highest BCUT2D eigenvalue weighted by molar-refractivity contribution is 9.10. The van der Waals surface area contributed by atoms with Crippen molar-refractivity contribution in [3.63, 3.8) is 0 Å². The molecule has 9 nitrogen and oxygen atoms in total. The van der Waals surface area contributed by atoms with Gasteiger partial charge in [-0.15, -0.1) is 0 Å². The van der Waals surface area contributed by atoms with Crippen molar-refractivity contribution < 1.29 is 27.5 Å². The minimum absolute atomic E-state index is 0.0769. The molecule has 1 aromatic carbocycles. The number of rotatable bonds is 7. The highest BCUT2D eigenvalue weighted by atomic mass is 79.9. The second-order valence-electron chi connectivity index (χ2n) is 9.67. The van der Waals surface area contributed by atoms with Gasteiger partial charge in [-0.2, -0.15) is 0 Å². The lowest BCUT2D eigenvalue weighted by molar-refractivity contribution is -0.164. The lowest BCUT2D eigenvalue weighted by Crippen LogP contribution is -2.39. The predicted molar refractivity (Wildman–Crippen MR) is 137 cm³/mol. The molecule has 2 rings (SSSR count). The van der Waals surface area contributed by atoms with Crippen molar-refractivity contribution in [3.8, 4) is 0 Å². The van der Waals surface area contributed by atoms with Crippen LogP contribution in [0, 0.1) is 13.8 Å². The Hall–Kier alpha value is -1.85.